The van der Waals surface area contributed by atoms with Crippen molar-refractivity contribution in [2.45, 2.75) is 63.5 Å². The van der Waals surface area contributed by atoms with Gasteiger partial charge in [-0.3, -0.25) is 4.79 Å². The molecule has 2 aliphatic heterocycles. The monoisotopic (exact) mass is 430 g/mol. The Labute approximate surface area is 171 Å². The zero-order valence-corrected chi connectivity index (χ0v) is 16.6. The molecule has 1 aromatic heterocycles. The number of hydrogen-bond acceptors (Lipinski definition) is 6. The summed E-state index contributed by atoms with van der Waals surface area (Å²) in [6, 6.07) is 4.38. The molecule has 2 saturated heterocycles. The Hall–Kier alpha value is -2.43. The fourth-order valence-electron chi connectivity index (χ4n) is 3.71. The number of aryl methyl sites for hydroxylation is 1. The maximum Gasteiger partial charge on any atom is 0.490 e. The van der Waals surface area contributed by atoms with Crippen molar-refractivity contribution in [3.8, 4) is 0 Å². The number of aromatic nitrogens is 2. The van der Waals surface area contributed by atoms with E-state index in [0.29, 0.717) is 12.0 Å². The van der Waals surface area contributed by atoms with Crippen LogP contribution < -0.4 is 10.2 Å². The molecule has 8 nitrogen and oxygen atoms in total. The number of hydrogen-bond donors (Lipinski definition) is 2. The van der Waals surface area contributed by atoms with Crippen LogP contribution in [-0.2, 0) is 14.3 Å². The maximum atomic E-state index is 12.3. The number of amides is 1. The van der Waals surface area contributed by atoms with Crippen molar-refractivity contribution in [3.05, 3.63) is 17.8 Å². The summed E-state index contributed by atoms with van der Waals surface area (Å²) < 4.78 is 37.8. The van der Waals surface area contributed by atoms with Crippen molar-refractivity contribution >= 4 is 17.7 Å². The first-order chi connectivity index (χ1) is 14.1. The van der Waals surface area contributed by atoms with Gasteiger partial charge in [0.25, 0.3) is 0 Å². The molecule has 0 aromatic carbocycles. The van der Waals surface area contributed by atoms with Crippen LogP contribution in [0.4, 0.5) is 19.0 Å². The Morgan fingerprint density at radius 2 is 1.93 bits per heavy atom. The number of piperidine rings is 1. The molecule has 1 amide bonds. The number of carbonyl (C=O) groups excluding carboxylic acids is 1. The molecule has 3 fully saturated rings. The minimum atomic E-state index is -5.08. The molecular weight excluding hydrogens is 405 g/mol. The Morgan fingerprint density at radius 3 is 2.47 bits per heavy atom. The standard InChI is InChI=1S/C17H24N4O2.C2HF3O2/c1-11-5-6-16(20-19-11)21-8-7-12-9-14(23-15(12)10-21)17(22)18-13-3-2-4-13;3-2(4,5)1(6)7/h5-6,12-15H,2-4,7-10H2,1H3,(H,18,22);(H,6,7)/t12-,14-,15-;/m0./s1. The predicted molar refractivity (Wildman–Crippen MR) is 99.8 cm³/mol. The maximum absolute atomic E-state index is 12.3. The number of alkyl halides is 3. The Morgan fingerprint density at radius 1 is 1.23 bits per heavy atom. The average molecular weight is 430 g/mol. The van der Waals surface area contributed by atoms with E-state index < -0.39 is 12.1 Å². The minimum Gasteiger partial charge on any atom is -0.475 e. The SMILES string of the molecule is Cc1ccc(N2CC[C@H]3C[C@@H](C(=O)NC4CCC4)O[C@H]3C2)nn1.O=C(O)C(F)(F)F. The third kappa shape index (κ3) is 5.59. The molecule has 3 aliphatic rings. The molecule has 3 heterocycles. The lowest BCUT2D eigenvalue weighted by atomic mass is 9.90. The van der Waals surface area contributed by atoms with Crippen molar-refractivity contribution in [1.82, 2.24) is 15.5 Å². The number of anilines is 1. The highest BCUT2D eigenvalue weighted by molar-refractivity contribution is 5.81. The molecule has 0 spiro atoms. The molecule has 0 bridgehead atoms. The highest BCUT2D eigenvalue weighted by atomic mass is 19.4. The third-order valence-electron chi connectivity index (χ3n) is 5.65. The van der Waals surface area contributed by atoms with Crippen LogP contribution in [0.15, 0.2) is 12.1 Å². The van der Waals surface area contributed by atoms with Gasteiger partial charge in [0.05, 0.1) is 11.8 Å². The number of carboxylic acids is 1. The first-order valence-corrected chi connectivity index (χ1v) is 9.94. The van der Waals surface area contributed by atoms with Gasteiger partial charge in [-0.2, -0.15) is 18.3 Å². The number of nitrogens with zero attached hydrogens (tertiary/aromatic N) is 3. The molecule has 11 heteroatoms. The highest BCUT2D eigenvalue weighted by Gasteiger charge is 2.42. The number of aliphatic carboxylic acids is 1. The molecule has 0 radical (unpaired) electrons. The quantitative estimate of drug-likeness (QED) is 0.756. The summed E-state index contributed by atoms with van der Waals surface area (Å²) in [5, 5.41) is 18.6. The van der Waals surface area contributed by atoms with Crippen LogP contribution in [0, 0.1) is 12.8 Å². The molecule has 1 aromatic rings. The van der Waals surface area contributed by atoms with Gasteiger partial charge in [0.2, 0.25) is 5.91 Å². The molecule has 166 valence electrons. The van der Waals surface area contributed by atoms with Crippen LogP contribution in [0.25, 0.3) is 0 Å². The molecule has 3 atom stereocenters. The fourth-order valence-corrected chi connectivity index (χ4v) is 3.71. The highest BCUT2D eigenvalue weighted by Crippen LogP contribution is 2.34. The van der Waals surface area contributed by atoms with Crippen molar-refractivity contribution in [2.75, 3.05) is 18.0 Å². The molecule has 30 heavy (non-hydrogen) atoms. The van der Waals surface area contributed by atoms with Crippen LogP contribution in [0.1, 0.15) is 37.8 Å². The normalized spacial score (nSPS) is 26.1. The lowest BCUT2D eigenvalue weighted by molar-refractivity contribution is -0.192. The number of ether oxygens (including phenoxy) is 1. The van der Waals surface area contributed by atoms with Crippen LogP contribution in [0.5, 0.6) is 0 Å². The number of fused-ring (bicyclic) bond motifs is 1. The Bertz CT molecular complexity index is 755. The van der Waals surface area contributed by atoms with Crippen molar-refractivity contribution in [3.63, 3.8) is 0 Å². The van der Waals surface area contributed by atoms with Crippen molar-refractivity contribution < 1.29 is 32.6 Å². The second-order valence-electron chi connectivity index (χ2n) is 7.87. The summed E-state index contributed by atoms with van der Waals surface area (Å²) in [5.74, 6) is -1.28. The molecule has 1 saturated carbocycles. The van der Waals surface area contributed by atoms with Gasteiger partial charge < -0.3 is 20.1 Å². The number of nitrogens with one attached hydrogen (secondary N) is 1. The average Bonchev–Trinajstić information content (AvgIpc) is 3.08. The molecular formula is C19H25F3N4O4. The third-order valence-corrected chi connectivity index (χ3v) is 5.65. The Kier molecular flexibility index (Phi) is 6.79. The molecule has 1 aliphatic carbocycles. The van der Waals surface area contributed by atoms with Gasteiger partial charge in [0, 0.05) is 19.1 Å². The van der Waals surface area contributed by atoms with Crippen LogP contribution in [0.2, 0.25) is 0 Å². The van der Waals surface area contributed by atoms with Gasteiger partial charge >= 0.3 is 12.1 Å². The summed E-state index contributed by atoms with van der Waals surface area (Å²) in [6.45, 7) is 3.70. The number of carbonyl (C=O) groups is 2. The van der Waals surface area contributed by atoms with E-state index in [9.17, 15) is 18.0 Å². The lowest BCUT2D eigenvalue weighted by Gasteiger charge is -2.34. The van der Waals surface area contributed by atoms with E-state index >= 15 is 0 Å². The second-order valence-corrected chi connectivity index (χ2v) is 7.87. The van der Waals surface area contributed by atoms with E-state index in [4.69, 9.17) is 14.6 Å². The summed E-state index contributed by atoms with van der Waals surface area (Å²) >= 11 is 0. The van der Waals surface area contributed by atoms with E-state index in [1.165, 1.54) is 6.42 Å². The number of carboxylic acid groups (broad SMARTS) is 1. The first-order valence-electron chi connectivity index (χ1n) is 9.94. The molecule has 2 N–H and O–H groups in total. The van der Waals surface area contributed by atoms with Crippen LogP contribution >= 0.6 is 0 Å². The van der Waals surface area contributed by atoms with E-state index in [0.717, 1.165) is 50.3 Å². The smallest absolute Gasteiger partial charge is 0.475 e. The zero-order chi connectivity index (χ0) is 21.9. The van der Waals surface area contributed by atoms with Crippen LogP contribution in [-0.4, -0.2) is 64.7 Å². The van der Waals surface area contributed by atoms with E-state index in [1.54, 1.807) is 0 Å². The molecule has 4 rings (SSSR count). The van der Waals surface area contributed by atoms with Gasteiger partial charge in [-0.05, 0) is 57.1 Å². The number of rotatable bonds is 3. The van der Waals surface area contributed by atoms with E-state index in [2.05, 4.69) is 20.4 Å². The lowest BCUT2D eigenvalue weighted by Crippen LogP contribution is -2.45. The van der Waals surface area contributed by atoms with Crippen molar-refractivity contribution in [2.24, 2.45) is 5.92 Å². The number of halogens is 3. The Balaban J connectivity index is 0.000000318. The first kappa shape index (κ1) is 22.3. The van der Waals surface area contributed by atoms with E-state index in [-0.39, 0.29) is 18.1 Å². The van der Waals surface area contributed by atoms with Crippen molar-refractivity contribution in [1.29, 1.82) is 0 Å². The van der Waals surface area contributed by atoms with Gasteiger partial charge in [0.15, 0.2) is 5.82 Å². The predicted octanol–water partition coefficient (Wildman–Crippen LogP) is 2.07. The minimum absolute atomic E-state index is 0.0887. The van der Waals surface area contributed by atoms with Gasteiger partial charge in [0.1, 0.15) is 6.10 Å². The second kappa shape index (κ2) is 9.15. The van der Waals surface area contributed by atoms with E-state index in [1.807, 2.05) is 19.1 Å². The summed E-state index contributed by atoms with van der Waals surface area (Å²) in [6.07, 6.45) is 0.146. The van der Waals surface area contributed by atoms with Gasteiger partial charge in [-0.1, -0.05) is 0 Å². The molecule has 0 unspecified atom stereocenters. The summed E-state index contributed by atoms with van der Waals surface area (Å²) in [7, 11) is 0. The fraction of sp³-hybridized carbons (Fsp3) is 0.684. The largest absolute Gasteiger partial charge is 0.490 e. The zero-order valence-electron chi connectivity index (χ0n) is 16.6. The van der Waals surface area contributed by atoms with Gasteiger partial charge in [-0.25, -0.2) is 4.79 Å². The van der Waals surface area contributed by atoms with Gasteiger partial charge in [-0.15, -0.1) is 5.10 Å². The summed E-state index contributed by atoms with van der Waals surface area (Å²) in [5.41, 5.74) is 0.925. The van der Waals surface area contributed by atoms with Crippen LogP contribution in [0.3, 0.4) is 0 Å². The topological polar surface area (TPSA) is 105 Å². The summed E-state index contributed by atoms with van der Waals surface area (Å²) in [4.78, 5) is 23.4.